The highest BCUT2D eigenvalue weighted by atomic mass is 35.5. The molecule has 0 bridgehead atoms. The lowest BCUT2D eigenvalue weighted by Crippen LogP contribution is -2.05. The number of aryl methyl sites for hydroxylation is 1. The van der Waals surface area contributed by atoms with Gasteiger partial charge in [-0.2, -0.15) is 0 Å². The number of ether oxygens (including phenoxy) is 1. The Morgan fingerprint density at radius 2 is 2.20 bits per heavy atom. The fourth-order valence-electron chi connectivity index (χ4n) is 1.43. The van der Waals surface area contributed by atoms with E-state index in [1.807, 2.05) is 13.8 Å². The molecule has 83 valence electrons. The summed E-state index contributed by atoms with van der Waals surface area (Å²) < 4.78 is 5.11. The summed E-state index contributed by atoms with van der Waals surface area (Å²) in [6.45, 7) is 5.30. The van der Waals surface area contributed by atoms with Gasteiger partial charge in [-0.3, -0.25) is 0 Å². The maximum absolute atomic E-state index is 9.06. The summed E-state index contributed by atoms with van der Waals surface area (Å²) >= 11 is 6.10. The van der Waals surface area contributed by atoms with Gasteiger partial charge in [0.2, 0.25) is 0 Å². The first-order chi connectivity index (χ1) is 6.97. The number of aliphatic hydroxyl groups excluding tert-OH is 1. The van der Waals surface area contributed by atoms with Crippen LogP contribution in [0.1, 0.15) is 25.0 Å². The van der Waals surface area contributed by atoms with Gasteiger partial charge in [0.25, 0.3) is 6.29 Å². The summed E-state index contributed by atoms with van der Waals surface area (Å²) in [6.07, 6.45) is 0.596. The van der Waals surface area contributed by atoms with Crippen LogP contribution in [0.2, 0.25) is 5.02 Å². The highest BCUT2D eigenvalue weighted by Gasteiger charge is 2.14. The Morgan fingerprint density at radius 1 is 1.60 bits per heavy atom. The van der Waals surface area contributed by atoms with E-state index in [1.54, 1.807) is 6.07 Å². The maximum Gasteiger partial charge on any atom is 0.270 e. The summed E-state index contributed by atoms with van der Waals surface area (Å²) in [6, 6.07) is 1.72. The minimum Gasteiger partial charge on any atom is -0.454 e. The van der Waals surface area contributed by atoms with E-state index in [9.17, 15) is 0 Å². The molecule has 0 aliphatic rings. The predicted octanol–water partition coefficient (Wildman–Crippen LogP) is 3.05. The van der Waals surface area contributed by atoms with Crippen LogP contribution in [0.15, 0.2) is 6.07 Å². The quantitative estimate of drug-likeness (QED) is 0.782. The van der Waals surface area contributed by atoms with Crippen molar-refractivity contribution in [1.82, 2.24) is 0 Å². The van der Waals surface area contributed by atoms with Gasteiger partial charge in [-0.1, -0.05) is 18.5 Å². The topological polar surface area (TPSA) is 55.5 Å². The minimum absolute atomic E-state index is 0.134. The third kappa shape index (κ3) is 2.55. The summed E-state index contributed by atoms with van der Waals surface area (Å²) in [5.74, 6) is 0.453. The first-order valence-electron chi connectivity index (χ1n) is 4.75. The molecule has 0 aliphatic carbocycles. The molecule has 0 amide bonds. The molecule has 0 heterocycles. The van der Waals surface area contributed by atoms with Crippen molar-refractivity contribution in [3.05, 3.63) is 28.5 Å². The Bertz CT molecular complexity index is 364. The maximum atomic E-state index is 9.06. The highest BCUT2D eigenvalue weighted by molar-refractivity contribution is 6.32. The number of halogens is 1. The second-order valence-electron chi connectivity index (χ2n) is 3.37. The number of hydrogen-bond donors (Lipinski definition) is 2. The standard InChI is InChI=1S/C11H15ClNO2/c1-4-8-10(12)6(2)5-9(11(8)13)15-7(3)14/h5,14H,4,13H2,1-3H3. The van der Waals surface area contributed by atoms with E-state index in [4.69, 9.17) is 27.2 Å². The van der Waals surface area contributed by atoms with E-state index in [2.05, 4.69) is 0 Å². The molecule has 0 fully saturated rings. The number of nitrogen functional groups attached to an aromatic ring is 1. The van der Waals surface area contributed by atoms with Crippen LogP contribution >= 0.6 is 11.6 Å². The van der Waals surface area contributed by atoms with Gasteiger partial charge >= 0.3 is 0 Å². The monoisotopic (exact) mass is 228 g/mol. The van der Waals surface area contributed by atoms with E-state index in [1.165, 1.54) is 6.92 Å². The smallest absolute Gasteiger partial charge is 0.270 e. The van der Waals surface area contributed by atoms with Crippen molar-refractivity contribution >= 4 is 17.3 Å². The van der Waals surface area contributed by atoms with Crippen molar-refractivity contribution in [3.8, 4) is 5.75 Å². The second kappa shape index (κ2) is 4.73. The van der Waals surface area contributed by atoms with Crippen LogP contribution in [0.4, 0.5) is 5.69 Å². The lowest BCUT2D eigenvalue weighted by molar-refractivity contribution is 0.114. The number of aliphatic hydroxyl groups is 1. The number of rotatable bonds is 3. The van der Waals surface area contributed by atoms with Gasteiger partial charge in [-0.15, -0.1) is 0 Å². The van der Waals surface area contributed by atoms with Crippen LogP contribution in [0.5, 0.6) is 5.75 Å². The second-order valence-corrected chi connectivity index (χ2v) is 3.75. The normalized spacial score (nSPS) is 10.8. The third-order valence-corrected chi connectivity index (χ3v) is 2.69. The van der Waals surface area contributed by atoms with Gasteiger partial charge in [0.15, 0.2) is 0 Å². The molecule has 0 saturated carbocycles. The molecule has 15 heavy (non-hydrogen) atoms. The molecule has 3 N–H and O–H groups in total. The van der Waals surface area contributed by atoms with Crippen LogP contribution < -0.4 is 10.5 Å². The minimum atomic E-state index is -0.134. The number of nitrogens with two attached hydrogens (primary N) is 1. The molecule has 1 radical (unpaired) electrons. The fraction of sp³-hybridized carbons (Fsp3) is 0.364. The number of hydrogen-bond acceptors (Lipinski definition) is 3. The zero-order chi connectivity index (χ0) is 11.6. The molecule has 0 saturated heterocycles. The van der Waals surface area contributed by atoms with E-state index in [0.717, 1.165) is 17.5 Å². The van der Waals surface area contributed by atoms with Crippen molar-refractivity contribution in [2.45, 2.75) is 27.2 Å². The average molecular weight is 229 g/mol. The third-order valence-electron chi connectivity index (χ3n) is 2.16. The molecule has 0 aliphatic heterocycles. The van der Waals surface area contributed by atoms with Crippen molar-refractivity contribution in [3.63, 3.8) is 0 Å². The van der Waals surface area contributed by atoms with Crippen molar-refractivity contribution in [2.75, 3.05) is 5.73 Å². The van der Waals surface area contributed by atoms with Crippen LogP contribution in [0.25, 0.3) is 0 Å². The van der Waals surface area contributed by atoms with Crippen LogP contribution in [-0.2, 0) is 6.42 Å². The molecule has 1 aromatic rings. The van der Waals surface area contributed by atoms with E-state index >= 15 is 0 Å². The number of benzene rings is 1. The van der Waals surface area contributed by atoms with Crippen molar-refractivity contribution in [2.24, 2.45) is 0 Å². The van der Waals surface area contributed by atoms with Crippen LogP contribution in [0, 0.1) is 13.2 Å². The van der Waals surface area contributed by atoms with Crippen LogP contribution in [0.3, 0.4) is 0 Å². The lowest BCUT2D eigenvalue weighted by atomic mass is 10.1. The Labute approximate surface area is 94.8 Å². The van der Waals surface area contributed by atoms with Gasteiger partial charge < -0.3 is 15.6 Å². The molecule has 1 rings (SSSR count). The molecule has 3 nitrogen and oxygen atoms in total. The molecular weight excluding hydrogens is 214 g/mol. The zero-order valence-corrected chi connectivity index (χ0v) is 9.85. The van der Waals surface area contributed by atoms with Gasteiger partial charge in [0.05, 0.1) is 5.69 Å². The zero-order valence-electron chi connectivity index (χ0n) is 9.10. The lowest BCUT2D eigenvalue weighted by Gasteiger charge is -2.15. The van der Waals surface area contributed by atoms with Gasteiger partial charge in [0.1, 0.15) is 5.75 Å². The highest BCUT2D eigenvalue weighted by Crippen LogP contribution is 2.35. The van der Waals surface area contributed by atoms with Gasteiger partial charge in [-0.05, 0) is 30.5 Å². The fourth-order valence-corrected chi connectivity index (χ4v) is 1.72. The van der Waals surface area contributed by atoms with Gasteiger partial charge in [0, 0.05) is 11.9 Å². The molecule has 0 spiro atoms. The molecule has 0 unspecified atom stereocenters. The largest absolute Gasteiger partial charge is 0.454 e. The number of anilines is 1. The molecule has 1 aromatic carbocycles. The molecule has 0 atom stereocenters. The summed E-state index contributed by atoms with van der Waals surface area (Å²) in [7, 11) is 0. The Morgan fingerprint density at radius 3 is 2.67 bits per heavy atom. The summed E-state index contributed by atoms with van der Waals surface area (Å²) in [5.41, 5.74) is 8.11. The Balaban J connectivity index is 3.24. The molecule has 4 heteroatoms. The van der Waals surface area contributed by atoms with E-state index in [0.29, 0.717) is 16.5 Å². The van der Waals surface area contributed by atoms with E-state index < -0.39 is 0 Å². The average Bonchev–Trinajstić information content (AvgIpc) is 2.14. The van der Waals surface area contributed by atoms with Crippen LogP contribution in [-0.4, -0.2) is 5.11 Å². The van der Waals surface area contributed by atoms with E-state index in [-0.39, 0.29) is 6.29 Å². The first kappa shape index (κ1) is 12.1. The molecular formula is C11H15ClNO2. The Hall–Kier alpha value is -0.930. The SMILES string of the molecule is CCc1c(N)c(O[C](C)O)cc(C)c1Cl. The Kier molecular flexibility index (Phi) is 3.83. The first-order valence-corrected chi connectivity index (χ1v) is 5.13. The summed E-state index contributed by atoms with van der Waals surface area (Å²) in [5, 5.41) is 9.72. The predicted molar refractivity (Wildman–Crippen MR) is 61.5 cm³/mol. The van der Waals surface area contributed by atoms with Crippen molar-refractivity contribution < 1.29 is 9.84 Å². The van der Waals surface area contributed by atoms with Gasteiger partial charge in [-0.25, -0.2) is 0 Å². The summed E-state index contributed by atoms with van der Waals surface area (Å²) in [4.78, 5) is 0. The molecule has 0 aromatic heterocycles. The van der Waals surface area contributed by atoms with Crippen molar-refractivity contribution in [1.29, 1.82) is 0 Å².